The molecule has 0 aromatic heterocycles. The normalized spacial score (nSPS) is 27.4. The molecule has 2 aliphatic rings. The topological polar surface area (TPSA) is 33.7 Å². The second-order valence-corrected chi connectivity index (χ2v) is 5.22. The first-order valence-corrected chi connectivity index (χ1v) is 6.39. The molecule has 0 atom stereocenters. The highest BCUT2D eigenvalue weighted by Gasteiger charge is 2.27. The Bertz CT molecular complexity index is 205. The van der Waals surface area contributed by atoms with Crippen LogP contribution in [-0.2, 0) is 9.47 Å². The van der Waals surface area contributed by atoms with Gasteiger partial charge in [0.1, 0.15) is 0 Å². The van der Waals surface area contributed by atoms with Crippen molar-refractivity contribution in [2.24, 2.45) is 0 Å². The molecule has 16 heavy (non-hydrogen) atoms. The molecule has 2 saturated heterocycles. The van der Waals surface area contributed by atoms with Crippen LogP contribution < -0.4 is 5.32 Å². The Morgan fingerprint density at radius 2 is 1.81 bits per heavy atom. The summed E-state index contributed by atoms with van der Waals surface area (Å²) in [6.07, 6.45) is 2.73. The van der Waals surface area contributed by atoms with Crippen molar-refractivity contribution in [3.63, 3.8) is 0 Å². The first-order valence-electron chi connectivity index (χ1n) is 6.39. The van der Waals surface area contributed by atoms with Crippen LogP contribution >= 0.6 is 0 Å². The fraction of sp³-hybridized carbons (Fsp3) is 1.00. The minimum atomic E-state index is -0.396. The van der Waals surface area contributed by atoms with Crippen LogP contribution in [0.1, 0.15) is 26.7 Å². The van der Waals surface area contributed by atoms with E-state index in [1.165, 1.54) is 25.9 Å². The summed E-state index contributed by atoms with van der Waals surface area (Å²) in [4.78, 5) is 2.52. The van der Waals surface area contributed by atoms with Crippen LogP contribution in [0.15, 0.2) is 0 Å². The van der Waals surface area contributed by atoms with Crippen molar-refractivity contribution < 1.29 is 9.47 Å². The second kappa shape index (κ2) is 5.45. The van der Waals surface area contributed by atoms with E-state index >= 15 is 0 Å². The van der Waals surface area contributed by atoms with Crippen LogP contribution in [0.2, 0.25) is 0 Å². The van der Waals surface area contributed by atoms with Gasteiger partial charge in [0, 0.05) is 13.1 Å². The standard InChI is InChI=1S/C12H24N2O2/c1-12(2)15-9-11(10-16-12)13-5-8-14-6-3-4-7-14/h11,13H,3-10H2,1-2H3. The van der Waals surface area contributed by atoms with Crippen molar-refractivity contribution in [2.45, 2.75) is 38.5 Å². The van der Waals surface area contributed by atoms with Crippen LogP contribution in [0.4, 0.5) is 0 Å². The third-order valence-electron chi connectivity index (χ3n) is 3.32. The molecule has 0 unspecified atom stereocenters. The SMILES string of the molecule is CC1(C)OCC(NCCN2CCCC2)CO1. The number of hydrogen-bond acceptors (Lipinski definition) is 4. The molecule has 0 aromatic rings. The van der Waals surface area contributed by atoms with Crippen molar-refractivity contribution in [1.29, 1.82) is 0 Å². The highest BCUT2D eigenvalue weighted by Crippen LogP contribution is 2.16. The molecule has 2 fully saturated rings. The summed E-state index contributed by atoms with van der Waals surface area (Å²) >= 11 is 0. The Hall–Kier alpha value is -0.160. The van der Waals surface area contributed by atoms with Crippen molar-refractivity contribution in [1.82, 2.24) is 10.2 Å². The third kappa shape index (κ3) is 3.70. The smallest absolute Gasteiger partial charge is 0.162 e. The lowest BCUT2D eigenvalue weighted by molar-refractivity contribution is -0.252. The lowest BCUT2D eigenvalue weighted by Gasteiger charge is -2.35. The van der Waals surface area contributed by atoms with Crippen LogP contribution in [0.3, 0.4) is 0 Å². The van der Waals surface area contributed by atoms with Crippen molar-refractivity contribution in [2.75, 3.05) is 39.4 Å². The molecule has 4 nitrogen and oxygen atoms in total. The second-order valence-electron chi connectivity index (χ2n) is 5.22. The van der Waals surface area contributed by atoms with Gasteiger partial charge < -0.3 is 19.7 Å². The van der Waals surface area contributed by atoms with Gasteiger partial charge >= 0.3 is 0 Å². The predicted molar refractivity (Wildman–Crippen MR) is 63.4 cm³/mol. The Balaban J connectivity index is 1.56. The molecule has 0 bridgehead atoms. The maximum Gasteiger partial charge on any atom is 0.162 e. The van der Waals surface area contributed by atoms with Crippen LogP contribution in [0.5, 0.6) is 0 Å². The number of ether oxygens (including phenoxy) is 2. The molecule has 94 valence electrons. The van der Waals surface area contributed by atoms with E-state index in [1.54, 1.807) is 0 Å². The molecule has 0 aliphatic carbocycles. The molecule has 4 heteroatoms. The van der Waals surface area contributed by atoms with Gasteiger partial charge in [0.25, 0.3) is 0 Å². The summed E-state index contributed by atoms with van der Waals surface area (Å²) in [5.41, 5.74) is 0. The molecular formula is C12H24N2O2. The number of nitrogens with zero attached hydrogens (tertiary/aromatic N) is 1. The van der Waals surface area contributed by atoms with Crippen molar-refractivity contribution >= 4 is 0 Å². The van der Waals surface area contributed by atoms with Gasteiger partial charge in [-0.3, -0.25) is 0 Å². The highest BCUT2D eigenvalue weighted by molar-refractivity contribution is 4.74. The Labute approximate surface area is 98.3 Å². The molecule has 0 aromatic carbocycles. The predicted octanol–water partition coefficient (Wildman–Crippen LogP) is 0.823. The van der Waals surface area contributed by atoms with Crippen LogP contribution in [0, 0.1) is 0 Å². The maximum atomic E-state index is 5.60. The Morgan fingerprint density at radius 3 is 2.44 bits per heavy atom. The van der Waals surface area contributed by atoms with Crippen LogP contribution in [0.25, 0.3) is 0 Å². The summed E-state index contributed by atoms with van der Waals surface area (Å²) in [6.45, 7) is 10.2. The summed E-state index contributed by atoms with van der Waals surface area (Å²) < 4.78 is 11.2. The lowest BCUT2D eigenvalue weighted by atomic mass is 10.2. The van der Waals surface area contributed by atoms with Crippen molar-refractivity contribution in [3.05, 3.63) is 0 Å². The first-order chi connectivity index (χ1) is 7.66. The van der Waals surface area contributed by atoms with E-state index in [-0.39, 0.29) is 0 Å². The van der Waals surface area contributed by atoms with Gasteiger partial charge in [-0.1, -0.05) is 0 Å². The van der Waals surface area contributed by atoms with E-state index in [4.69, 9.17) is 9.47 Å². The number of nitrogens with one attached hydrogen (secondary N) is 1. The summed E-state index contributed by atoms with van der Waals surface area (Å²) in [5, 5.41) is 3.49. The van der Waals surface area contributed by atoms with Crippen LogP contribution in [-0.4, -0.2) is 56.1 Å². The summed E-state index contributed by atoms with van der Waals surface area (Å²) in [5.74, 6) is -0.396. The van der Waals surface area contributed by atoms with E-state index in [0.717, 1.165) is 26.3 Å². The first kappa shape index (κ1) is 12.3. The minimum Gasteiger partial charge on any atom is -0.349 e. The average molecular weight is 228 g/mol. The average Bonchev–Trinajstić information content (AvgIpc) is 2.73. The molecular weight excluding hydrogens is 204 g/mol. The van der Waals surface area contributed by atoms with Gasteiger partial charge in [0.15, 0.2) is 5.79 Å². The fourth-order valence-corrected chi connectivity index (χ4v) is 2.24. The van der Waals surface area contributed by atoms with Gasteiger partial charge in [-0.2, -0.15) is 0 Å². The van der Waals surface area contributed by atoms with E-state index in [0.29, 0.717) is 6.04 Å². The quantitative estimate of drug-likeness (QED) is 0.772. The number of likely N-dealkylation sites (tertiary alicyclic amines) is 1. The van der Waals surface area contributed by atoms with Gasteiger partial charge in [0.2, 0.25) is 0 Å². The molecule has 0 radical (unpaired) electrons. The molecule has 2 rings (SSSR count). The Kier molecular flexibility index (Phi) is 4.19. The van der Waals surface area contributed by atoms with E-state index in [1.807, 2.05) is 13.8 Å². The summed E-state index contributed by atoms with van der Waals surface area (Å²) in [6, 6.07) is 0.357. The lowest BCUT2D eigenvalue weighted by Crippen LogP contribution is -2.49. The van der Waals surface area contributed by atoms with Crippen molar-refractivity contribution in [3.8, 4) is 0 Å². The van der Waals surface area contributed by atoms with Gasteiger partial charge in [-0.25, -0.2) is 0 Å². The molecule has 0 spiro atoms. The molecule has 2 aliphatic heterocycles. The zero-order valence-electron chi connectivity index (χ0n) is 10.5. The summed E-state index contributed by atoms with van der Waals surface area (Å²) in [7, 11) is 0. The van der Waals surface area contributed by atoms with Gasteiger partial charge in [-0.15, -0.1) is 0 Å². The maximum absolute atomic E-state index is 5.60. The fourth-order valence-electron chi connectivity index (χ4n) is 2.24. The Morgan fingerprint density at radius 1 is 1.19 bits per heavy atom. The minimum absolute atomic E-state index is 0.357. The van der Waals surface area contributed by atoms with E-state index in [2.05, 4.69) is 10.2 Å². The monoisotopic (exact) mass is 228 g/mol. The van der Waals surface area contributed by atoms with E-state index in [9.17, 15) is 0 Å². The largest absolute Gasteiger partial charge is 0.349 e. The molecule has 0 saturated carbocycles. The zero-order chi connectivity index (χ0) is 11.4. The molecule has 2 heterocycles. The molecule has 1 N–H and O–H groups in total. The number of hydrogen-bond donors (Lipinski definition) is 1. The van der Waals surface area contributed by atoms with Gasteiger partial charge in [0.05, 0.1) is 19.3 Å². The molecule has 0 amide bonds. The van der Waals surface area contributed by atoms with E-state index < -0.39 is 5.79 Å². The number of rotatable bonds is 4. The van der Waals surface area contributed by atoms with Gasteiger partial charge in [-0.05, 0) is 39.8 Å². The third-order valence-corrected chi connectivity index (χ3v) is 3.32. The highest BCUT2D eigenvalue weighted by atomic mass is 16.7. The zero-order valence-corrected chi connectivity index (χ0v) is 10.5.